The molecule has 2 N–H and O–H groups in total. The smallest absolute Gasteiger partial charge is 0.410 e. The molecule has 0 atom stereocenters. The molecule has 0 aliphatic carbocycles. The first-order valence-electron chi connectivity index (χ1n) is 7.17. The summed E-state index contributed by atoms with van der Waals surface area (Å²) in [4.78, 5) is 13.7. The van der Waals surface area contributed by atoms with Gasteiger partial charge in [-0.25, -0.2) is 4.79 Å². The number of nitrogens with zero attached hydrogens (tertiary/aromatic N) is 1. The van der Waals surface area contributed by atoms with Crippen LogP contribution in [0.2, 0.25) is 10.0 Å². The lowest BCUT2D eigenvalue weighted by Crippen LogP contribution is -2.37. The normalized spacial score (nSPS) is 14.1. The highest BCUT2D eigenvalue weighted by atomic mass is 35.5. The van der Waals surface area contributed by atoms with E-state index in [1.54, 1.807) is 18.2 Å². The highest BCUT2D eigenvalue weighted by molar-refractivity contribution is 6.36. The van der Waals surface area contributed by atoms with Gasteiger partial charge in [-0.3, -0.25) is 0 Å². The van der Waals surface area contributed by atoms with Crippen LogP contribution in [0.4, 0.5) is 4.79 Å². The number of aromatic hydroxyl groups is 2. The minimum absolute atomic E-state index is 0.0114. The Balaban J connectivity index is 2.15. The van der Waals surface area contributed by atoms with Crippen LogP contribution in [0.5, 0.6) is 11.5 Å². The fraction of sp³-hybridized carbons (Fsp3) is 0.235. The molecule has 0 unspecified atom stereocenters. The number of hydrogen-bond donors (Lipinski definition) is 2. The Morgan fingerprint density at radius 3 is 2.42 bits per heavy atom. The largest absolute Gasteiger partial charge is 0.503 e. The van der Waals surface area contributed by atoms with Crippen molar-refractivity contribution in [3.63, 3.8) is 0 Å². The fourth-order valence-corrected chi connectivity index (χ4v) is 2.98. The van der Waals surface area contributed by atoms with Gasteiger partial charge in [0.05, 0.1) is 16.6 Å². The zero-order valence-electron chi connectivity index (χ0n) is 12.9. The Hall–Kier alpha value is -2.11. The number of rotatable bonds is 4. The van der Waals surface area contributed by atoms with Gasteiger partial charge in [0.1, 0.15) is 6.61 Å². The van der Waals surface area contributed by atoms with E-state index in [1.807, 2.05) is 0 Å². The number of hydrogen-bond acceptors (Lipinski definition) is 4. The van der Waals surface area contributed by atoms with Crippen molar-refractivity contribution in [2.24, 2.45) is 0 Å². The van der Waals surface area contributed by atoms with Crippen molar-refractivity contribution < 1.29 is 19.7 Å². The summed E-state index contributed by atoms with van der Waals surface area (Å²) in [5.74, 6) is -0.930. The highest BCUT2D eigenvalue weighted by Crippen LogP contribution is 2.46. The number of ether oxygens (including phenoxy) is 1. The van der Waals surface area contributed by atoms with Crippen LogP contribution in [-0.2, 0) is 17.7 Å². The van der Waals surface area contributed by atoms with Crippen LogP contribution < -0.4 is 0 Å². The van der Waals surface area contributed by atoms with Crippen molar-refractivity contribution in [1.29, 1.82) is 0 Å². The highest BCUT2D eigenvalue weighted by Gasteiger charge is 2.29. The summed E-state index contributed by atoms with van der Waals surface area (Å²) in [5.41, 5.74) is 1.85. The van der Waals surface area contributed by atoms with Crippen molar-refractivity contribution in [2.75, 3.05) is 13.2 Å². The van der Waals surface area contributed by atoms with E-state index in [9.17, 15) is 15.0 Å². The molecule has 1 heterocycles. The molecular formula is C17H17Cl2NO4. The molecular weight excluding hydrogens is 353 g/mol. The molecule has 0 spiro atoms. The first-order valence-corrected chi connectivity index (χ1v) is 7.92. The maximum atomic E-state index is 12.2. The van der Waals surface area contributed by atoms with Gasteiger partial charge < -0.3 is 19.8 Å². The molecule has 0 saturated carbocycles. The van der Waals surface area contributed by atoms with Crippen LogP contribution >= 0.6 is 23.2 Å². The first-order chi connectivity index (χ1) is 11.4. The summed E-state index contributed by atoms with van der Waals surface area (Å²) in [6.07, 6.45) is 4.74. The van der Waals surface area contributed by atoms with Crippen molar-refractivity contribution in [3.8, 4) is 11.5 Å². The van der Waals surface area contributed by atoms with Crippen LogP contribution in [-0.4, -0.2) is 34.4 Å². The zero-order chi connectivity index (χ0) is 17.9. The Morgan fingerprint density at radius 2 is 1.83 bits per heavy atom. The number of halogens is 2. The molecule has 7 heteroatoms. The quantitative estimate of drug-likeness (QED) is 0.616. The predicted octanol–water partition coefficient (Wildman–Crippen LogP) is 4.20. The lowest BCUT2D eigenvalue weighted by molar-refractivity contribution is 0.106. The number of amides is 1. The van der Waals surface area contributed by atoms with E-state index < -0.39 is 17.6 Å². The second-order valence-electron chi connectivity index (χ2n) is 5.19. The monoisotopic (exact) mass is 369 g/mol. The molecule has 128 valence electrons. The van der Waals surface area contributed by atoms with Crippen LogP contribution in [0.25, 0.3) is 0 Å². The molecule has 0 aromatic heterocycles. The molecule has 5 nitrogen and oxygen atoms in total. The van der Waals surface area contributed by atoms with Crippen molar-refractivity contribution in [1.82, 2.24) is 4.90 Å². The number of benzene rings is 1. The Bertz CT molecular complexity index is 728. The van der Waals surface area contributed by atoms with E-state index in [1.165, 1.54) is 4.90 Å². The van der Waals surface area contributed by atoms with Gasteiger partial charge in [-0.15, -0.1) is 0 Å². The fourth-order valence-electron chi connectivity index (χ4n) is 2.42. The summed E-state index contributed by atoms with van der Waals surface area (Å²) in [6, 6.07) is 0. The molecule has 0 radical (unpaired) electrons. The van der Waals surface area contributed by atoms with E-state index in [-0.39, 0.29) is 23.2 Å². The Labute approximate surface area is 150 Å². The lowest BCUT2D eigenvalue weighted by atomic mass is 9.98. The number of carbonyl (C=O) groups excluding carboxylic acids is 1. The second-order valence-corrected chi connectivity index (χ2v) is 5.95. The standard InChI is InChI=1S/C17H17Cl2NO4/c1-3-5-10(4-2)9-24-17(23)20-7-6-11-12(8-20)14(19)16(22)15(21)13(11)18/h3-5,21-22H,1-2,6-9H2/b10-5+. The molecule has 0 saturated heterocycles. The van der Waals surface area contributed by atoms with Gasteiger partial charge in [-0.1, -0.05) is 54.6 Å². The van der Waals surface area contributed by atoms with Crippen molar-refractivity contribution >= 4 is 29.3 Å². The van der Waals surface area contributed by atoms with E-state index in [2.05, 4.69) is 13.2 Å². The number of phenolic OH excluding ortho intramolecular Hbond substituents is 2. The number of carbonyl (C=O) groups is 1. The van der Waals surface area contributed by atoms with Crippen LogP contribution in [0.1, 0.15) is 11.1 Å². The maximum absolute atomic E-state index is 12.2. The molecule has 1 aromatic carbocycles. The topological polar surface area (TPSA) is 70.0 Å². The van der Waals surface area contributed by atoms with Crippen LogP contribution in [0, 0.1) is 0 Å². The van der Waals surface area contributed by atoms with Gasteiger partial charge in [0, 0.05) is 6.54 Å². The third kappa shape index (κ3) is 3.52. The number of phenols is 2. The van der Waals surface area contributed by atoms with E-state index >= 15 is 0 Å². The lowest BCUT2D eigenvalue weighted by Gasteiger charge is -2.30. The number of fused-ring (bicyclic) bond motifs is 1. The maximum Gasteiger partial charge on any atom is 0.410 e. The number of allylic oxidation sites excluding steroid dienone is 2. The van der Waals surface area contributed by atoms with Gasteiger partial charge in [0.15, 0.2) is 11.5 Å². The molecule has 0 fully saturated rings. The Kier molecular flexibility index (Phi) is 5.80. The van der Waals surface area contributed by atoms with Gasteiger partial charge in [0.25, 0.3) is 0 Å². The second kappa shape index (κ2) is 7.64. The van der Waals surface area contributed by atoms with Gasteiger partial charge in [-0.2, -0.15) is 0 Å². The molecule has 24 heavy (non-hydrogen) atoms. The molecule has 1 aromatic rings. The van der Waals surface area contributed by atoms with E-state index in [0.29, 0.717) is 24.1 Å². The van der Waals surface area contributed by atoms with Crippen molar-refractivity contribution in [3.05, 3.63) is 58.1 Å². The van der Waals surface area contributed by atoms with E-state index in [0.717, 1.165) is 5.57 Å². The van der Waals surface area contributed by atoms with Gasteiger partial charge in [0.2, 0.25) is 0 Å². The third-order valence-electron chi connectivity index (χ3n) is 3.73. The first kappa shape index (κ1) is 18.2. The summed E-state index contributed by atoms with van der Waals surface area (Å²) < 4.78 is 5.24. The minimum atomic E-state index is -0.516. The molecule has 0 bridgehead atoms. The van der Waals surface area contributed by atoms with Crippen LogP contribution in [0.15, 0.2) is 37.0 Å². The molecule has 1 amide bonds. The average molecular weight is 370 g/mol. The zero-order valence-corrected chi connectivity index (χ0v) is 14.4. The van der Waals surface area contributed by atoms with E-state index in [4.69, 9.17) is 27.9 Å². The van der Waals surface area contributed by atoms with Crippen LogP contribution in [0.3, 0.4) is 0 Å². The Morgan fingerprint density at radius 1 is 1.21 bits per heavy atom. The summed E-state index contributed by atoms with van der Waals surface area (Å²) in [5, 5.41) is 19.6. The molecule has 1 aliphatic heterocycles. The predicted molar refractivity (Wildman–Crippen MR) is 93.7 cm³/mol. The average Bonchev–Trinajstić information content (AvgIpc) is 2.60. The molecule has 1 aliphatic rings. The minimum Gasteiger partial charge on any atom is -0.503 e. The van der Waals surface area contributed by atoms with Crippen molar-refractivity contribution in [2.45, 2.75) is 13.0 Å². The summed E-state index contributed by atoms with van der Waals surface area (Å²) in [6.45, 7) is 7.78. The molecule has 2 rings (SSSR count). The van der Waals surface area contributed by atoms with Gasteiger partial charge >= 0.3 is 6.09 Å². The summed E-state index contributed by atoms with van der Waals surface area (Å²) in [7, 11) is 0. The van der Waals surface area contributed by atoms with Gasteiger partial charge in [-0.05, 0) is 23.1 Å². The third-order valence-corrected chi connectivity index (χ3v) is 4.54. The summed E-state index contributed by atoms with van der Waals surface area (Å²) >= 11 is 12.1. The SMILES string of the molecule is C=C/C=C(\C=C)COC(=O)N1CCc2c(Cl)c(O)c(O)c(Cl)c2C1.